The molecule has 2 atom stereocenters. The van der Waals surface area contributed by atoms with E-state index in [1.165, 1.54) is 5.69 Å². The lowest BCUT2D eigenvalue weighted by molar-refractivity contribution is 0.549. The normalized spacial score (nSPS) is 17.4. The number of hydrogen-bond donors (Lipinski definition) is 1. The molecule has 3 heterocycles. The average molecular weight is 483 g/mol. The molecule has 178 valence electrons. The van der Waals surface area contributed by atoms with Crippen molar-refractivity contribution in [2.45, 2.75) is 12.1 Å². The van der Waals surface area contributed by atoms with Gasteiger partial charge in [-0.25, -0.2) is 0 Å². The van der Waals surface area contributed by atoms with Crippen LogP contribution < -0.4 is 20.0 Å². The summed E-state index contributed by atoms with van der Waals surface area (Å²) in [6.07, 6.45) is 3.95. The highest BCUT2D eigenvalue weighted by atomic mass is 32.1. The van der Waals surface area contributed by atoms with Crippen LogP contribution in [0.15, 0.2) is 91.3 Å². The SMILES string of the molecule is CN(C)c1ccc(N2C(=S)N[C@H](c3ccccn3)[C@H]2c2cccn2-c2ccc(N(C)C)cc2)cc1. The predicted octanol–water partition coefficient (Wildman–Crippen LogP) is 5.18. The lowest BCUT2D eigenvalue weighted by atomic mass is 10.0. The third-order valence-electron chi connectivity index (χ3n) is 6.47. The Balaban J connectivity index is 1.61. The van der Waals surface area contributed by atoms with Crippen molar-refractivity contribution in [3.05, 3.63) is 103 Å². The second-order valence-electron chi connectivity index (χ2n) is 9.12. The van der Waals surface area contributed by atoms with Crippen molar-refractivity contribution in [2.24, 2.45) is 0 Å². The standard InChI is InChI=1S/C28H30N6S/c1-31(2)20-10-14-22(15-11-20)33-19-7-9-25(33)27-26(24-8-5-6-18-29-24)30-28(35)34(27)23-16-12-21(13-17-23)32(3)4/h5-19,26-27H,1-4H3,(H,30,35)/t26-,27-/m1/s1. The zero-order chi connectivity index (χ0) is 24.5. The highest BCUT2D eigenvalue weighted by Gasteiger charge is 2.42. The molecule has 1 fully saturated rings. The Bertz CT molecular complexity index is 1300. The lowest BCUT2D eigenvalue weighted by Gasteiger charge is -2.29. The van der Waals surface area contributed by atoms with E-state index in [-0.39, 0.29) is 12.1 Å². The second kappa shape index (κ2) is 9.43. The van der Waals surface area contributed by atoms with Crippen molar-refractivity contribution in [3.63, 3.8) is 0 Å². The first-order valence-electron chi connectivity index (χ1n) is 11.7. The minimum Gasteiger partial charge on any atom is -0.378 e. The van der Waals surface area contributed by atoms with Gasteiger partial charge in [-0.05, 0) is 85.0 Å². The molecule has 35 heavy (non-hydrogen) atoms. The van der Waals surface area contributed by atoms with Gasteiger partial charge in [0, 0.05) is 69.0 Å². The summed E-state index contributed by atoms with van der Waals surface area (Å²) in [7, 11) is 8.20. The fourth-order valence-corrected chi connectivity index (χ4v) is 4.97. The minimum absolute atomic E-state index is 0.0777. The molecule has 2 aromatic heterocycles. The Labute approximate surface area is 212 Å². The Hall–Kier alpha value is -3.84. The van der Waals surface area contributed by atoms with Crippen molar-refractivity contribution in [3.8, 4) is 5.69 Å². The summed E-state index contributed by atoms with van der Waals surface area (Å²) < 4.78 is 2.25. The molecule has 1 aliphatic rings. The number of aromatic nitrogens is 2. The molecule has 6 nitrogen and oxygen atoms in total. The number of rotatable bonds is 6. The van der Waals surface area contributed by atoms with Gasteiger partial charge in [0.25, 0.3) is 0 Å². The van der Waals surface area contributed by atoms with Crippen LogP contribution in [-0.2, 0) is 0 Å². The number of pyridine rings is 1. The molecule has 0 spiro atoms. The molecule has 2 aromatic carbocycles. The Morgan fingerprint density at radius 3 is 1.97 bits per heavy atom. The van der Waals surface area contributed by atoms with Crippen LogP contribution >= 0.6 is 12.2 Å². The summed E-state index contributed by atoms with van der Waals surface area (Å²) in [6, 6.07) is 27.3. The van der Waals surface area contributed by atoms with E-state index in [4.69, 9.17) is 12.2 Å². The van der Waals surface area contributed by atoms with E-state index in [0.717, 1.165) is 28.5 Å². The van der Waals surface area contributed by atoms with Gasteiger partial charge in [-0.1, -0.05) is 6.07 Å². The van der Waals surface area contributed by atoms with Crippen molar-refractivity contribution in [1.82, 2.24) is 14.9 Å². The van der Waals surface area contributed by atoms with Gasteiger partial charge in [0.1, 0.15) is 6.04 Å². The largest absolute Gasteiger partial charge is 0.378 e. The summed E-state index contributed by atoms with van der Waals surface area (Å²) in [5.74, 6) is 0. The number of anilines is 3. The lowest BCUT2D eigenvalue weighted by Crippen LogP contribution is -2.30. The van der Waals surface area contributed by atoms with E-state index in [2.05, 4.69) is 117 Å². The van der Waals surface area contributed by atoms with Crippen LogP contribution in [0.4, 0.5) is 17.1 Å². The number of thiocarbonyl (C=S) groups is 1. The molecule has 0 radical (unpaired) electrons. The summed E-state index contributed by atoms with van der Waals surface area (Å²) in [4.78, 5) is 11.1. The maximum absolute atomic E-state index is 5.90. The maximum Gasteiger partial charge on any atom is 0.174 e. The second-order valence-corrected chi connectivity index (χ2v) is 9.51. The summed E-state index contributed by atoms with van der Waals surface area (Å²) in [5.41, 5.74) is 6.57. The van der Waals surface area contributed by atoms with Crippen LogP contribution in [0.5, 0.6) is 0 Å². The number of nitrogens with zero attached hydrogens (tertiary/aromatic N) is 5. The van der Waals surface area contributed by atoms with Gasteiger partial charge in [0.15, 0.2) is 5.11 Å². The predicted molar refractivity (Wildman–Crippen MR) is 149 cm³/mol. The zero-order valence-electron chi connectivity index (χ0n) is 20.5. The van der Waals surface area contributed by atoms with Crippen LogP contribution in [0.3, 0.4) is 0 Å². The first kappa shape index (κ1) is 22.9. The van der Waals surface area contributed by atoms with Gasteiger partial charge < -0.3 is 24.6 Å². The quantitative estimate of drug-likeness (QED) is 0.382. The van der Waals surface area contributed by atoms with Gasteiger partial charge in [0.05, 0.1) is 11.7 Å². The molecular weight excluding hydrogens is 452 g/mol. The van der Waals surface area contributed by atoms with E-state index < -0.39 is 0 Å². The molecule has 0 unspecified atom stereocenters. The van der Waals surface area contributed by atoms with Crippen molar-refractivity contribution < 1.29 is 0 Å². The van der Waals surface area contributed by atoms with E-state index in [0.29, 0.717) is 5.11 Å². The minimum atomic E-state index is -0.0908. The van der Waals surface area contributed by atoms with E-state index in [9.17, 15) is 0 Å². The monoisotopic (exact) mass is 482 g/mol. The maximum atomic E-state index is 5.90. The number of benzene rings is 2. The Kier molecular flexibility index (Phi) is 6.17. The van der Waals surface area contributed by atoms with Crippen molar-refractivity contribution >= 4 is 34.4 Å². The third-order valence-corrected chi connectivity index (χ3v) is 6.78. The highest BCUT2D eigenvalue weighted by Crippen LogP contribution is 2.42. The van der Waals surface area contributed by atoms with Crippen LogP contribution in [0.2, 0.25) is 0 Å². The van der Waals surface area contributed by atoms with Gasteiger partial charge in [-0.15, -0.1) is 0 Å². The Morgan fingerprint density at radius 2 is 1.40 bits per heavy atom. The molecule has 1 N–H and O–H groups in total. The number of hydrogen-bond acceptors (Lipinski definition) is 4. The first-order valence-corrected chi connectivity index (χ1v) is 12.1. The van der Waals surface area contributed by atoms with Crippen LogP contribution in [0.1, 0.15) is 23.5 Å². The molecule has 1 saturated heterocycles. The van der Waals surface area contributed by atoms with Crippen molar-refractivity contribution in [1.29, 1.82) is 0 Å². The average Bonchev–Trinajstić information content (AvgIpc) is 3.49. The van der Waals surface area contributed by atoms with Crippen LogP contribution in [0, 0.1) is 0 Å². The van der Waals surface area contributed by atoms with E-state index in [1.54, 1.807) is 0 Å². The molecule has 5 rings (SSSR count). The summed E-state index contributed by atoms with van der Waals surface area (Å²) in [6.45, 7) is 0. The van der Waals surface area contributed by atoms with Gasteiger partial charge in [-0.3, -0.25) is 4.98 Å². The number of nitrogens with one attached hydrogen (secondary N) is 1. The Morgan fingerprint density at radius 1 is 0.771 bits per heavy atom. The van der Waals surface area contributed by atoms with Crippen LogP contribution in [0.25, 0.3) is 5.69 Å². The molecule has 4 aromatic rings. The van der Waals surface area contributed by atoms with E-state index >= 15 is 0 Å². The molecule has 7 heteroatoms. The van der Waals surface area contributed by atoms with E-state index in [1.807, 2.05) is 32.4 Å². The summed E-state index contributed by atoms with van der Waals surface area (Å²) in [5, 5.41) is 4.26. The molecule has 0 aliphatic carbocycles. The molecule has 0 amide bonds. The van der Waals surface area contributed by atoms with Crippen molar-refractivity contribution in [2.75, 3.05) is 42.9 Å². The molecule has 0 saturated carbocycles. The molecule has 1 aliphatic heterocycles. The van der Waals surface area contributed by atoms with Gasteiger partial charge in [-0.2, -0.15) is 0 Å². The van der Waals surface area contributed by atoms with Crippen LogP contribution in [-0.4, -0.2) is 42.9 Å². The zero-order valence-corrected chi connectivity index (χ0v) is 21.3. The van der Waals surface area contributed by atoms with Gasteiger partial charge in [0.2, 0.25) is 0 Å². The first-order chi connectivity index (χ1) is 16.9. The third kappa shape index (κ3) is 4.35. The van der Waals surface area contributed by atoms with Gasteiger partial charge >= 0.3 is 0 Å². The highest BCUT2D eigenvalue weighted by molar-refractivity contribution is 7.80. The fraction of sp³-hybridized carbons (Fsp3) is 0.214. The smallest absolute Gasteiger partial charge is 0.174 e. The summed E-state index contributed by atoms with van der Waals surface area (Å²) >= 11 is 5.90. The molecular formula is C28H30N6S. The topological polar surface area (TPSA) is 39.6 Å². The fourth-order valence-electron chi connectivity index (χ4n) is 4.63. The molecule has 0 bridgehead atoms.